The predicted molar refractivity (Wildman–Crippen MR) is 71.9 cm³/mol. The molecule has 94 valence electrons. The molecular weight excluding hydrogens is 208 g/mol. The Balaban J connectivity index is 2.18. The molecule has 2 rings (SSSR count). The molecule has 3 unspecified atom stereocenters. The number of hydrogen-bond acceptors (Lipinski definition) is 2. The normalized spacial score (nSPS) is 26.8. The van der Waals surface area contributed by atoms with Crippen molar-refractivity contribution in [2.75, 3.05) is 7.05 Å². The molecule has 1 saturated carbocycles. The van der Waals surface area contributed by atoms with Crippen molar-refractivity contribution < 1.29 is 0 Å². The molecule has 2 heteroatoms. The SMILES string of the molecule is CNC(c1cnccc1C)C1CCCC(C)C1. The monoisotopic (exact) mass is 232 g/mol. The largest absolute Gasteiger partial charge is 0.313 e. The van der Waals surface area contributed by atoms with Crippen LogP contribution in [0.2, 0.25) is 0 Å². The third-order valence-corrected chi connectivity index (χ3v) is 4.17. The van der Waals surface area contributed by atoms with Crippen molar-refractivity contribution in [1.82, 2.24) is 10.3 Å². The Morgan fingerprint density at radius 1 is 1.41 bits per heavy atom. The second-order valence-corrected chi connectivity index (χ2v) is 5.53. The van der Waals surface area contributed by atoms with Crippen LogP contribution >= 0.6 is 0 Å². The van der Waals surface area contributed by atoms with Crippen LogP contribution in [0.3, 0.4) is 0 Å². The standard InChI is InChI=1S/C15H24N2/c1-11-5-4-6-13(9-11)15(16-3)14-10-17-8-7-12(14)2/h7-8,10-11,13,15-16H,4-6,9H2,1-3H3. The maximum atomic E-state index is 4.29. The Morgan fingerprint density at radius 2 is 2.24 bits per heavy atom. The number of aryl methyl sites for hydroxylation is 1. The first kappa shape index (κ1) is 12.6. The smallest absolute Gasteiger partial charge is 0.0364 e. The fraction of sp³-hybridized carbons (Fsp3) is 0.667. The number of nitrogens with one attached hydrogen (secondary N) is 1. The van der Waals surface area contributed by atoms with Gasteiger partial charge in [-0.25, -0.2) is 0 Å². The third-order valence-electron chi connectivity index (χ3n) is 4.17. The van der Waals surface area contributed by atoms with Gasteiger partial charge in [0.15, 0.2) is 0 Å². The molecule has 17 heavy (non-hydrogen) atoms. The van der Waals surface area contributed by atoms with Crippen LogP contribution in [-0.4, -0.2) is 12.0 Å². The molecule has 1 aliphatic rings. The number of nitrogens with zero attached hydrogens (tertiary/aromatic N) is 1. The molecule has 2 nitrogen and oxygen atoms in total. The van der Waals surface area contributed by atoms with Crippen LogP contribution in [0.15, 0.2) is 18.5 Å². The number of hydrogen-bond donors (Lipinski definition) is 1. The second-order valence-electron chi connectivity index (χ2n) is 5.53. The van der Waals surface area contributed by atoms with Crippen LogP contribution in [-0.2, 0) is 0 Å². The topological polar surface area (TPSA) is 24.9 Å². The van der Waals surface area contributed by atoms with Gasteiger partial charge in [-0.2, -0.15) is 0 Å². The summed E-state index contributed by atoms with van der Waals surface area (Å²) in [6.45, 7) is 4.57. The first-order valence-corrected chi connectivity index (χ1v) is 6.80. The van der Waals surface area contributed by atoms with Crippen LogP contribution in [0, 0.1) is 18.8 Å². The van der Waals surface area contributed by atoms with E-state index in [1.165, 1.54) is 36.8 Å². The van der Waals surface area contributed by atoms with E-state index in [1.54, 1.807) is 0 Å². The number of pyridine rings is 1. The summed E-state index contributed by atoms with van der Waals surface area (Å²) in [4.78, 5) is 4.29. The van der Waals surface area contributed by atoms with Crippen LogP contribution in [0.4, 0.5) is 0 Å². The van der Waals surface area contributed by atoms with E-state index < -0.39 is 0 Å². The first-order chi connectivity index (χ1) is 8.22. The van der Waals surface area contributed by atoms with Crippen LogP contribution in [0.1, 0.15) is 49.8 Å². The lowest BCUT2D eigenvalue weighted by Crippen LogP contribution is -2.29. The predicted octanol–water partition coefficient (Wildman–Crippen LogP) is 3.48. The molecule has 0 amide bonds. The molecule has 1 heterocycles. The van der Waals surface area contributed by atoms with Crippen molar-refractivity contribution in [2.24, 2.45) is 11.8 Å². The second kappa shape index (κ2) is 5.63. The lowest BCUT2D eigenvalue weighted by Gasteiger charge is -2.34. The van der Waals surface area contributed by atoms with Gasteiger partial charge < -0.3 is 5.32 Å². The van der Waals surface area contributed by atoms with Gasteiger partial charge in [-0.1, -0.05) is 19.8 Å². The Morgan fingerprint density at radius 3 is 2.88 bits per heavy atom. The zero-order valence-corrected chi connectivity index (χ0v) is 11.2. The van der Waals surface area contributed by atoms with E-state index in [2.05, 4.69) is 37.3 Å². The van der Waals surface area contributed by atoms with Crippen molar-refractivity contribution in [3.8, 4) is 0 Å². The van der Waals surface area contributed by atoms with Crippen molar-refractivity contribution >= 4 is 0 Å². The van der Waals surface area contributed by atoms with E-state index in [0.29, 0.717) is 6.04 Å². The molecule has 0 spiro atoms. The summed E-state index contributed by atoms with van der Waals surface area (Å²) in [5.41, 5.74) is 2.74. The van der Waals surface area contributed by atoms with Crippen LogP contribution in [0.25, 0.3) is 0 Å². The minimum Gasteiger partial charge on any atom is -0.313 e. The zero-order valence-electron chi connectivity index (χ0n) is 11.2. The van der Waals surface area contributed by atoms with Gasteiger partial charge in [-0.15, -0.1) is 0 Å². The number of aromatic nitrogens is 1. The van der Waals surface area contributed by atoms with Gasteiger partial charge in [0.2, 0.25) is 0 Å². The highest BCUT2D eigenvalue weighted by Gasteiger charge is 2.27. The maximum absolute atomic E-state index is 4.29. The van der Waals surface area contributed by atoms with Crippen LogP contribution in [0.5, 0.6) is 0 Å². The minimum atomic E-state index is 0.478. The maximum Gasteiger partial charge on any atom is 0.0364 e. The van der Waals surface area contributed by atoms with Gasteiger partial charge in [0.1, 0.15) is 0 Å². The molecule has 1 N–H and O–H groups in total. The molecule has 1 aromatic heterocycles. The Labute approximate surface area is 105 Å². The highest BCUT2D eigenvalue weighted by Crippen LogP contribution is 2.37. The van der Waals surface area contributed by atoms with Gasteiger partial charge >= 0.3 is 0 Å². The molecular formula is C15H24N2. The summed E-state index contributed by atoms with van der Waals surface area (Å²) in [6, 6.07) is 2.60. The van der Waals surface area contributed by atoms with Crippen molar-refractivity contribution in [1.29, 1.82) is 0 Å². The Hall–Kier alpha value is -0.890. The van der Waals surface area contributed by atoms with Gasteiger partial charge in [-0.05, 0) is 55.8 Å². The average Bonchev–Trinajstić information content (AvgIpc) is 2.33. The molecule has 0 aromatic carbocycles. The summed E-state index contributed by atoms with van der Waals surface area (Å²) in [5.74, 6) is 1.65. The third kappa shape index (κ3) is 2.86. The Kier molecular flexibility index (Phi) is 4.16. The van der Waals surface area contributed by atoms with Crippen molar-refractivity contribution in [2.45, 2.75) is 45.6 Å². The van der Waals surface area contributed by atoms with Crippen molar-refractivity contribution in [3.05, 3.63) is 29.6 Å². The lowest BCUT2D eigenvalue weighted by molar-refractivity contribution is 0.229. The summed E-state index contributed by atoms with van der Waals surface area (Å²) >= 11 is 0. The molecule has 0 bridgehead atoms. The first-order valence-electron chi connectivity index (χ1n) is 6.80. The summed E-state index contributed by atoms with van der Waals surface area (Å²) in [5, 5.41) is 3.51. The van der Waals surface area contributed by atoms with E-state index in [0.717, 1.165) is 11.8 Å². The molecule has 0 radical (unpaired) electrons. The van der Waals surface area contributed by atoms with Crippen LogP contribution < -0.4 is 5.32 Å². The molecule has 1 fully saturated rings. The summed E-state index contributed by atoms with van der Waals surface area (Å²) in [7, 11) is 2.08. The molecule has 1 aromatic rings. The lowest BCUT2D eigenvalue weighted by atomic mass is 9.76. The van der Waals surface area contributed by atoms with E-state index in [1.807, 2.05) is 12.4 Å². The van der Waals surface area contributed by atoms with E-state index >= 15 is 0 Å². The van der Waals surface area contributed by atoms with E-state index in [4.69, 9.17) is 0 Å². The van der Waals surface area contributed by atoms with E-state index in [9.17, 15) is 0 Å². The summed E-state index contributed by atoms with van der Waals surface area (Å²) in [6.07, 6.45) is 9.40. The van der Waals surface area contributed by atoms with Gasteiger partial charge in [-0.3, -0.25) is 4.98 Å². The zero-order chi connectivity index (χ0) is 12.3. The highest BCUT2D eigenvalue weighted by atomic mass is 14.9. The molecule has 0 aliphatic heterocycles. The fourth-order valence-electron chi connectivity index (χ4n) is 3.23. The van der Waals surface area contributed by atoms with E-state index in [-0.39, 0.29) is 0 Å². The van der Waals surface area contributed by atoms with Gasteiger partial charge in [0, 0.05) is 18.4 Å². The fourth-order valence-corrected chi connectivity index (χ4v) is 3.23. The highest BCUT2D eigenvalue weighted by molar-refractivity contribution is 5.25. The molecule has 0 saturated heterocycles. The minimum absolute atomic E-state index is 0.478. The summed E-state index contributed by atoms with van der Waals surface area (Å²) < 4.78 is 0. The molecule has 3 atom stereocenters. The number of rotatable bonds is 3. The van der Waals surface area contributed by atoms with Crippen molar-refractivity contribution in [3.63, 3.8) is 0 Å². The van der Waals surface area contributed by atoms with Gasteiger partial charge in [0.05, 0.1) is 0 Å². The quantitative estimate of drug-likeness (QED) is 0.863. The molecule has 1 aliphatic carbocycles. The Bertz CT molecular complexity index is 362. The average molecular weight is 232 g/mol. The van der Waals surface area contributed by atoms with Gasteiger partial charge in [0.25, 0.3) is 0 Å².